The predicted molar refractivity (Wildman–Crippen MR) is 229 cm³/mol. The molecule has 0 aromatic heterocycles. The average molecular weight is 784 g/mol. The number of alkyl carbamates (subject to hydrolysis) is 1. The Morgan fingerprint density at radius 2 is 1.46 bits per heavy atom. The quantitative estimate of drug-likeness (QED) is 0.0747. The molecule has 10 nitrogen and oxygen atoms in total. The summed E-state index contributed by atoms with van der Waals surface area (Å²) < 4.78 is 24.5. The van der Waals surface area contributed by atoms with Crippen LogP contribution in [0.3, 0.4) is 0 Å². The lowest BCUT2D eigenvalue weighted by Gasteiger charge is -2.27. The fourth-order valence-electron chi connectivity index (χ4n) is 8.20. The van der Waals surface area contributed by atoms with Gasteiger partial charge in [-0.15, -0.1) is 0 Å². The summed E-state index contributed by atoms with van der Waals surface area (Å²) in [5, 5.41) is 5.73. The number of fused-ring (bicyclic) bond motifs is 2. The molecule has 0 saturated carbocycles. The number of carbonyl (C=O) groups excluding carboxylic acids is 2. The Morgan fingerprint density at radius 1 is 0.789 bits per heavy atom. The van der Waals surface area contributed by atoms with Crippen molar-refractivity contribution in [2.75, 3.05) is 71.2 Å². The lowest BCUT2D eigenvalue weighted by molar-refractivity contribution is -0.401. The first kappa shape index (κ1) is 43.9. The fraction of sp³-hybridized carbons (Fsp3) is 0.553. The maximum Gasteiger partial charge on any atom is 0.407 e. The molecule has 2 heterocycles. The van der Waals surface area contributed by atoms with Crippen LogP contribution < -0.4 is 15.5 Å². The van der Waals surface area contributed by atoms with E-state index in [0.29, 0.717) is 59.2 Å². The molecule has 2 N–H and O–H groups in total. The number of anilines is 1. The molecule has 310 valence electrons. The smallest absolute Gasteiger partial charge is 0.407 e. The van der Waals surface area contributed by atoms with Crippen LogP contribution in [0, 0.1) is 0 Å². The normalized spacial score (nSPS) is 19.6. The standard InChI is InChI=1S/C47H66N4O6/c1-46(2)38-21-13-15-23-40(38)50(5)42(46)25-18-26-43-47(3,4)39-22-14-16-24-41(39)51(43)30-17-9-12-27-44(52)48-28-31-54-33-35-56-36-34-55-32-29-49-45(53)57-37-19-10-7-6-8-11-20-37/h6-7,13-16,18,21-26,37H,8-12,17,19-20,27-36H2,1-5H3,(H-,48,49,52,53)/p+1/b7-6+. The molecule has 1 atom stereocenters. The summed E-state index contributed by atoms with van der Waals surface area (Å²) in [6, 6.07) is 17.4. The molecule has 1 aliphatic carbocycles. The summed E-state index contributed by atoms with van der Waals surface area (Å²) in [6.07, 6.45) is 18.9. The Morgan fingerprint density at radius 3 is 2.21 bits per heavy atom. The highest BCUT2D eigenvalue weighted by Crippen LogP contribution is 2.48. The molecule has 0 radical (unpaired) electrons. The zero-order chi connectivity index (χ0) is 40.5. The number of rotatable bonds is 21. The van der Waals surface area contributed by atoms with Gasteiger partial charge in [0.15, 0.2) is 5.71 Å². The molecular formula is C47H67N4O6+. The Hall–Kier alpha value is -4.25. The van der Waals surface area contributed by atoms with Crippen molar-refractivity contribution < 1.29 is 33.1 Å². The van der Waals surface area contributed by atoms with E-state index in [1.807, 2.05) is 0 Å². The van der Waals surface area contributed by atoms with Crippen molar-refractivity contribution in [3.8, 4) is 0 Å². The van der Waals surface area contributed by atoms with Crippen LogP contribution in [-0.4, -0.2) is 94.7 Å². The first-order valence-corrected chi connectivity index (χ1v) is 21.2. The molecule has 1 unspecified atom stereocenters. The van der Waals surface area contributed by atoms with E-state index in [1.54, 1.807) is 0 Å². The highest BCUT2D eigenvalue weighted by molar-refractivity contribution is 6.03. The zero-order valence-corrected chi connectivity index (χ0v) is 35.2. The van der Waals surface area contributed by atoms with Crippen LogP contribution in [0.2, 0.25) is 0 Å². The number of nitrogens with one attached hydrogen (secondary N) is 2. The third kappa shape index (κ3) is 12.4. The molecule has 57 heavy (non-hydrogen) atoms. The molecule has 2 amide bonds. The number of hydrogen-bond donors (Lipinski definition) is 2. The molecule has 2 aliphatic heterocycles. The monoisotopic (exact) mass is 784 g/mol. The molecule has 10 heteroatoms. The highest BCUT2D eigenvalue weighted by atomic mass is 16.6. The number of ether oxygens (including phenoxy) is 4. The molecule has 0 saturated heterocycles. The first-order valence-electron chi connectivity index (χ1n) is 21.2. The van der Waals surface area contributed by atoms with Crippen molar-refractivity contribution in [2.45, 2.75) is 102 Å². The molecule has 0 bridgehead atoms. The second-order valence-corrected chi connectivity index (χ2v) is 16.2. The van der Waals surface area contributed by atoms with Gasteiger partial charge in [-0.05, 0) is 76.5 Å². The van der Waals surface area contributed by atoms with Crippen LogP contribution in [0.1, 0.15) is 96.6 Å². The van der Waals surface area contributed by atoms with Crippen molar-refractivity contribution in [1.82, 2.24) is 10.6 Å². The minimum atomic E-state index is -0.378. The van der Waals surface area contributed by atoms with Crippen LogP contribution in [0.5, 0.6) is 0 Å². The number of unbranched alkanes of at least 4 members (excludes halogenated alkanes) is 2. The van der Waals surface area contributed by atoms with Gasteiger partial charge in [-0.1, -0.05) is 74.9 Å². The number of nitrogens with zero attached hydrogens (tertiary/aromatic N) is 2. The van der Waals surface area contributed by atoms with E-state index in [1.165, 1.54) is 33.9 Å². The Kier molecular flexibility index (Phi) is 17.0. The molecule has 5 rings (SSSR count). The molecule has 0 fully saturated rings. The maximum absolute atomic E-state index is 12.5. The molecule has 3 aliphatic rings. The molecule has 2 aromatic carbocycles. The van der Waals surface area contributed by atoms with Gasteiger partial charge in [-0.3, -0.25) is 4.79 Å². The second kappa shape index (κ2) is 22.0. The Balaban J connectivity index is 0.910. The average Bonchev–Trinajstić information content (AvgIpc) is 3.52. The van der Waals surface area contributed by atoms with Gasteiger partial charge in [0.25, 0.3) is 0 Å². The van der Waals surface area contributed by atoms with Crippen molar-refractivity contribution in [1.29, 1.82) is 0 Å². The van der Waals surface area contributed by atoms with Crippen molar-refractivity contribution >= 4 is 29.1 Å². The van der Waals surface area contributed by atoms with E-state index >= 15 is 0 Å². The highest BCUT2D eigenvalue weighted by Gasteiger charge is 2.43. The topological polar surface area (TPSA) is 101 Å². The van der Waals surface area contributed by atoms with E-state index < -0.39 is 0 Å². The summed E-state index contributed by atoms with van der Waals surface area (Å²) >= 11 is 0. The van der Waals surface area contributed by atoms with E-state index in [-0.39, 0.29) is 28.9 Å². The van der Waals surface area contributed by atoms with Gasteiger partial charge in [0, 0.05) is 60.6 Å². The molecular weight excluding hydrogens is 717 g/mol. The largest absolute Gasteiger partial charge is 0.446 e. The Bertz CT molecular complexity index is 1740. The van der Waals surface area contributed by atoms with Crippen molar-refractivity contribution in [3.05, 3.63) is 95.7 Å². The predicted octanol–water partition coefficient (Wildman–Crippen LogP) is 8.27. The number of benzene rings is 2. The van der Waals surface area contributed by atoms with Crippen molar-refractivity contribution in [2.24, 2.45) is 0 Å². The summed E-state index contributed by atoms with van der Waals surface area (Å²) in [4.78, 5) is 27.0. The zero-order valence-electron chi connectivity index (χ0n) is 35.2. The van der Waals surface area contributed by atoms with Crippen LogP contribution >= 0.6 is 0 Å². The number of amides is 2. The van der Waals surface area contributed by atoms with Gasteiger partial charge in [-0.25, -0.2) is 4.79 Å². The fourth-order valence-corrected chi connectivity index (χ4v) is 8.20. The molecule has 0 spiro atoms. The SMILES string of the molecule is C[N+]1=C(/C=C/C=C2\N(CCCCCC(=O)NCCOCCOCCOCCNC(=O)OC3CC/C=C/CCC3)c3ccccc3C2(C)C)C(C)(C)c2ccccc21. The van der Waals surface area contributed by atoms with Crippen LogP contribution in [0.25, 0.3) is 0 Å². The second-order valence-electron chi connectivity index (χ2n) is 16.2. The van der Waals surface area contributed by atoms with E-state index in [2.05, 4.69) is 134 Å². The number of para-hydroxylation sites is 2. The van der Waals surface area contributed by atoms with Crippen molar-refractivity contribution in [3.63, 3.8) is 0 Å². The van der Waals surface area contributed by atoms with Gasteiger partial charge >= 0.3 is 6.09 Å². The van der Waals surface area contributed by atoms with Gasteiger partial charge in [0.1, 0.15) is 13.2 Å². The third-order valence-corrected chi connectivity index (χ3v) is 11.4. The van der Waals surface area contributed by atoms with Gasteiger partial charge in [0.2, 0.25) is 11.6 Å². The van der Waals surface area contributed by atoms with Gasteiger partial charge < -0.3 is 34.5 Å². The summed E-state index contributed by atoms with van der Waals surface area (Å²) in [6.45, 7) is 13.7. The van der Waals surface area contributed by atoms with E-state index in [4.69, 9.17) is 18.9 Å². The maximum atomic E-state index is 12.5. The van der Waals surface area contributed by atoms with Gasteiger partial charge in [-0.2, -0.15) is 4.58 Å². The lowest BCUT2D eigenvalue weighted by Crippen LogP contribution is -2.31. The summed E-state index contributed by atoms with van der Waals surface area (Å²) in [5.74, 6) is 0.0600. The summed E-state index contributed by atoms with van der Waals surface area (Å²) in [7, 11) is 2.16. The van der Waals surface area contributed by atoms with E-state index in [9.17, 15) is 9.59 Å². The van der Waals surface area contributed by atoms with Crippen LogP contribution in [0.15, 0.2) is 84.6 Å². The van der Waals surface area contributed by atoms with E-state index in [0.717, 1.165) is 57.9 Å². The minimum absolute atomic E-state index is 0.0142. The van der Waals surface area contributed by atoms with Crippen LogP contribution in [-0.2, 0) is 34.6 Å². The summed E-state index contributed by atoms with van der Waals surface area (Å²) in [5.41, 5.74) is 7.67. The molecule has 2 aromatic rings. The number of carbonyl (C=O) groups is 2. The minimum Gasteiger partial charge on any atom is -0.446 e. The first-order chi connectivity index (χ1) is 27.6. The lowest BCUT2D eigenvalue weighted by atomic mass is 9.81. The number of hydrogen-bond acceptors (Lipinski definition) is 7. The third-order valence-electron chi connectivity index (χ3n) is 11.4. The van der Waals surface area contributed by atoms with Crippen LogP contribution in [0.4, 0.5) is 16.2 Å². The van der Waals surface area contributed by atoms with Gasteiger partial charge in [0.05, 0.1) is 45.1 Å². The Labute approximate surface area is 341 Å². The number of allylic oxidation sites excluding steroid dienone is 6.